The lowest BCUT2D eigenvalue weighted by Crippen LogP contribution is -2.25. The van der Waals surface area contributed by atoms with Crippen LogP contribution in [0, 0.1) is 6.92 Å². The van der Waals surface area contributed by atoms with E-state index in [1.54, 1.807) is 6.08 Å². The van der Waals surface area contributed by atoms with Crippen molar-refractivity contribution in [1.82, 2.24) is 14.5 Å². The van der Waals surface area contributed by atoms with Gasteiger partial charge in [0.05, 0.1) is 17.6 Å². The predicted molar refractivity (Wildman–Crippen MR) is 115 cm³/mol. The Kier molecular flexibility index (Phi) is 5.65. The van der Waals surface area contributed by atoms with Crippen molar-refractivity contribution in [2.24, 2.45) is 0 Å². The SMILES string of the molecule is C=CCN1C[C@H](c2nc3ccccc3n2CCCOc2ccccc2C)CC1=O. The zero-order chi connectivity index (χ0) is 20.2. The molecule has 1 amide bonds. The minimum Gasteiger partial charge on any atom is -0.493 e. The van der Waals surface area contributed by atoms with Gasteiger partial charge in [-0.05, 0) is 37.1 Å². The first kappa shape index (κ1) is 19.2. The summed E-state index contributed by atoms with van der Waals surface area (Å²) in [5.41, 5.74) is 3.25. The Balaban J connectivity index is 1.50. The van der Waals surface area contributed by atoms with Crippen molar-refractivity contribution in [2.45, 2.75) is 32.2 Å². The number of amides is 1. The van der Waals surface area contributed by atoms with Crippen LogP contribution in [0.25, 0.3) is 11.0 Å². The Labute approximate surface area is 171 Å². The molecule has 29 heavy (non-hydrogen) atoms. The van der Waals surface area contributed by atoms with Crippen LogP contribution in [-0.2, 0) is 11.3 Å². The molecule has 1 aromatic heterocycles. The van der Waals surface area contributed by atoms with Gasteiger partial charge in [0.25, 0.3) is 0 Å². The maximum absolute atomic E-state index is 12.3. The molecular weight excluding hydrogens is 362 g/mol. The van der Waals surface area contributed by atoms with E-state index in [-0.39, 0.29) is 11.8 Å². The molecule has 0 saturated carbocycles. The monoisotopic (exact) mass is 389 g/mol. The van der Waals surface area contributed by atoms with E-state index in [0.717, 1.165) is 41.1 Å². The van der Waals surface area contributed by atoms with Crippen molar-refractivity contribution in [3.8, 4) is 5.75 Å². The molecule has 1 aliphatic rings. The summed E-state index contributed by atoms with van der Waals surface area (Å²) >= 11 is 0. The largest absolute Gasteiger partial charge is 0.493 e. The van der Waals surface area contributed by atoms with Gasteiger partial charge in [0.1, 0.15) is 11.6 Å². The average molecular weight is 389 g/mol. The van der Waals surface area contributed by atoms with Crippen LogP contribution in [0.3, 0.4) is 0 Å². The van der Waals surface area contributed by atoms with E-state index in [9.17, 15) is 4.79 Å². The number of hydrogen-bond acceptors (Lipinski definition) is 3. The molecule has 1 saturated heterocycles. The third-order valence-electron chi connectivity index (χ3n) is 5.49. The summed E-state index contributed by atoms with van der Waals surface area (Å²) < 4.78 is 8.24. The molecule has 1 fully saturated rings. The van der Waals surface area contributed by atoms with Crippen molar-refractivity contribution < 1.29 is 9.53 Å². The summed E-state index contributed by atoms with van der Waals surface area (Å²) in [4.78, 5) is 19.1. The van der Waals surface area contributed by atoms with Gasteiger partial charge in [0.15, 0.2) is 0 Å². The van der Waals surface area contributed by atoms with Gasteiger partial charge in [0.2, 0.25) is 5.91 Å². The topological polar surface area (TPSA) is 47.4 Å². The molecule has 1 atom stereocenters. The van der Waals surface area contributed by atoms with Crippen molar-refractivity contribution in [3.63, 3.8) is 0 Å². The molecule has 0 N–H and O–H groups in total. The van der Waals surface area contributed by atoms with E-state index >= 15 is 0 Å². The molecule has 2 heterocycles. The predicted octanol–water partition coefficient (Wildman–Crippen LogP) is 4.32. The Morgan fingerprint density at radius 2 is 2.00 bits per heavy atom. The molecule has 5 heteroatoms. The molecule has 2 aromatic carbocycles. The highest BCUT2D eigenvalue weighted by Crippen LogP contribution is 2.30. The highest BCUT2D eigenvalue weighted by molar-refractivity contribution is 5.81. The molecular formula is C24H27N3O2. The summed E-state index contributed by atoms with van der Waals surface area (Å²) in [6.45, 7) is 8.57. The molecule has 0 unspecified atom stereocenters. The van der Waals surface area contributed by atoms with Gasteiger partial charge in [-0.15, -0.1) is 6.58 Å². The Morgan fingerprint density at radius 1 is 1.21 bits per heavy atom. The van der Waals surface area contributed by atoms with E-state index in [2.05, 4.69) is 30.2 Å². The maximum atomic E-state index is 12.3. The van der Waals surface area contributed by atoms with Gasteiger partial charge in [-0.2, -0.15) is 0 Å². The summed E-state index contributed by atoms with van der Waals surface area (Å²) in [5.74, 6) is 2.23. The van der Waals surface area contributed by atoms with Crippen molar-refractivity contribution >= 4 is 16.9 Å². The zero-order valence-corrected chi connectivity index (χ0v) is 16.9. The zero-order valence-electron chi connectivity index (χ0n) is 16.9. The number of carbonyl (C=O) groups excluding carboxylic acids is 1. The van der Waals surface area contributed by atoms with Crippen LogP contribution in [0.2, 0.25) is 0 Å². The van der Waals surface area contributed by atoms with Crippen LogP contribution in [0.4, 0.5) is 0 Å². The normalized spacial score (nSPS) is 16.5. The molecule has 150 valence electrons. The summed E-state index contributed by atoms with van der Waals surface area (Å²) in [7, 11) is 0. The number of hydrogen-bond donors (Lipinski definition) is 0. The first-order valence-corrected chi connectivity index (χ1v) is 10.2. The fourth-order valence-corrected chi connectivity index (χ4v) is 4.04. The minimum atomic E-state index is 0.118. The number of aryl methyl sites for hydroxylation is 2. The van der Waals surface area contributed by atoms with Gasteiger partial charge in [0, 0.05) is 32.0 Å². The summed E-state index contributed by atoms with van der Waals surface area (Å²) in [6, 6.07) is 16.3. The molecule has 0 radical (unpaired) electrons. The minimum absolute atomic E-state index is 0.118. The van der Waals surface area contributed by atoms with Crippen LogP contribution in [0.5, 0.6) is 5.75 Å². The summed E-state index contributed by atoms with van der Waals surface area (Å²) in [5, 5.41) is 0. The van der Waals surface area contributed by atoms with Crippen LogP contribution in [0.1, 0.15) is 30.1 Å². The highest BCUT2D eigenvalue weighted by atomic mass is 16.5. The van der Waals surface area contributed by atoms with Crippen LogP contribution in [-0.4, -0.2) is 40.1 Å². The van der Waals surface area contributed by atoms with E-state index in [0.29, 0.717) is 26.1 Å². The molecule has 0 bridgehead atoms. The van der Waals surface area contributed by atoms with E-state index in [1.807, 2.05) is 41.3 Å². The molecule has 4 rings (SSSR count). The van der Waals surface area contributed by atoms with E-state index in [1.165, 1.54) is 0 Å². The lowest BCUT2D eigenvalue weighted by Gasteiger charge is -2.16. The average Bonchev–Trinajstić information content (AvgIpc) is 3.27. The maximum Gasteiger partial charge on any atom is 0.223 e. The summed E-state index contributed by atoms with van der Waals surface area (Å²) in [6.07, 6.45) is 3.17. The van der Waals surface area contributed by atoms with Gasteiger partial charge in [-0.25, -0.2) is 4.98 Å². The fraction of sp³-hybridized carbons (Fsp3) is 0.333. The second-order valence-electron chi connectivity index (χ2n) is 7.57. The number of likely N-dealkylation sites (tertiary alicyclic amines) is 1. The van der Waals surface area contributed by atoms with Crippen LogP contribution < -0.4 is 4.74 Å². The number of imidazole rings is 1. The molecule has 0 spiro atoms. The first-order chi connectivity index (χ1) is 14.2. The Morgan fingerprint density at radius 3 is 2.83 bits per heavy atom. The van der Waals surface area contributed by atoms with E-state index < -0.39 is 0 Å². The van der Waals surface area contributed by atoms with Gasteiger partial charge < -0.3 is 14.2 Å². The third-order valence-corrected chi connectivity index (χ3v) is 5.49. The number of benzene rings is 2. The second-order valence-corrected chi connectivity index (χ2v) is 7.57. The van der Waals surface area contributed by atoms with Crippen LogP contribution >= 0.6 is 0 Å². The Bertz CT molecular complexity index is 1020. The second kappa shape index (κ2) is 8.52. The number of nitrogens with zero attached hydrogens (tertiary/aromatic N) is 3. The fourth-order valence-electron chi connectivity index (χ4n) is 4.04. The van der Waals surface area contributed by atoms with Crippen molar-refractivity contribution in [1.29, 1.82) is 0 Å². The third kappa shape index (κ3) is 4.04. The molecule has 3 aromatic rings. The number of fused-ring (bicyclic) bond motifs is 1. The lowest BCUT2D eigenvalue weighted by atomic mass is 10.1. The number of aromatic nitrogens is 2. The van der Waals surface area contributed by atoms with Crippen LogP contribution in [0.15, 0.2) is 61.2 Å². The smallest absolute Gasteiger partial charge is 0.223 e. The van der Waals surface area contributed by atoms with Crippen molar-refractivity contribution in [3.05, 3.63) is 72.6 Å². The molecule has 1 aliphatic heterocycles. The lowest BCUT2D eigenvalue weighted by molar-refractivity contribution is -0.127. The highest BCUT2D eigenvalue weighted by Gasteiger charge is 2.33. The molecule has 5 nitrogen and oxygen atoms in total. The van der Waals surface area contributed by atoms with Gasteiger partial charge >= 0.3 is 0 Å². The standard InChI is InChI=1S/C24H27N3O2/c1-3-13-26-17-19(16-23(26)28)24-25-20-10-5-6-11-21(20)27(24)14-8-15-29-22-12-7-4-9-18(22)2/h3-7,9-12,19H,1,8,13-17H2,2H3/t19-/m1/s1. The van der Waals surface area contributed by atoms with Crippen molar-refractivity contribution in [2.75, 3.05) is 19.7 Å². The number of rotatable bonds is 8. The van der Waals surface area contributed by atoms with Gasteiger partial charge in [-0.1, -0.05) is 36.4 Å². The first-order valence-electron chi connectivity index (χ1n) is 10.2. The Hall–Kier alpha value is -3.08. The number of para-hydroxylation sites is 3. The van der Waals surface area contributed by atoms with E-state index in [4.69, 9.17) is 9.72 Å². The quantitative estimate of drug-likeness (QED) is 0.426. The number of carbonyl (C=O) groups is 1. The van der Waals surface area contributed by atoms with Gasteiger partial charge in [-0.3, -0.25) is 4.79 Å². The number of ether oxygens (including phenoxy) is 1. The molecule has 0 aliphatic carbocycles.